The third-order valence-corrected chi connectivity index (χ3v) is 15.0. The Morgan fingerprint density at radius 2 is 1.67 bits per heavy atom. The number of esters is 1. The zero-order valence-corrected chi connectivity index (χ0v) is 28.5. The maximum atomic E-state index is 13.1. The summed E-state index contributed by atoms with van der Waals surface area (Å²) in [5.41, 5.74) is 0.0232. The molecule has 4 saturated carbocycles. The number of ether oxygens (including phenoxy) is 1. The van der Waals surface area contributed by atoms with Crippen LogP contribution in [0.3, 0.4) is 0 Å². The van der Waals surface area contributed by atoms with Crippen LogP contribution in [0.2, 0.25) is 0 Å². The highest BCUT2D eigenvalue weighted by atomic mass is 16.6. The first kappa shape index (κ1) is 33.3. The molecule has 3 unspecified atom stereocenters. The number of phenols is 1. The van der Waals surface area contributed by atoms with Gasteiger partial charge in [-0.1, -0.05) is 65.3 Å². The highest BCUT2D eigenvalue weighted by molar-refractivity contribution is 5.87. The zero-order valence-electron chi connectivity index (χ0n) is 28.5. The predicted octanol–water partition coefficient (Wildman–Crippen LogP) is 7.00. The number of hydrogen-bond acceptors (Lipinski definition) is 6. The van der Waals surface area contributed by atoms with Crippen molar-refractivity contribution in [3.05, 3.63) is 47.6 Å². The van der Waals surface area contributed by atoms with Gasteiger partial charge in [-0.2, -0.15) is 0 Å². The smallest absolute Gasteiger partial charge is 0.331 e. The van der Waals surface area contributed by atoms with Crippen molar-refractivity contribution in [1.82, 2.24) is 0 Å². The average Bonchev–Trinajstić information content (AvgIpc) is 3.00. The molecule has 4 fully saturated rings. The van der Waals surface area contributed by atoms with E-state index in [0.717, 1.165) is 44.1 Å². The Hall–Kier alpha value is -2.64. The van der Waals surface area contributed by atoms with Crippen LogP contribution in [0.5, 0.6) is 5.75 Å². The molecule has 0 bridgehead atoms. The Morgan fingerprint density at radius 1 is 0.978 bits per heavy atom. The molecule has 0 aliphatic heterocycles. The molecule has 1 aromatic rings. The number of aromatic hydroxyl groups is 1. The van der Waals surface area contributed by atoms with E-state index in [1.165, 1.54) is 11.6 Å². The van der Waals surface area contributed by atoms with Crippen molar-refractivity contribution >= 4 is 18.0 Å². The number of carboxylic acid groups (broad SMARTS) is 1. The van der Waals surface area contributed by atoms with Crippen LogP contribution in [-0.2, 0) is 14.3 Å². The lowest BCUT2D eigenvalue weighted by Gasteiger charge is -2.71. The molecular weight excluding hydrogens is 580 g/mol. The number of rotatable bonds is 5. The monoisotopic (exact) mass is 634 g/mol. The average molecular weight is 635 g/mol. The second-order valence-corrected chi connectivity index (χ2v) is 16.8. The van der Waals surface area contributed by atoms with Gasteiger partial charge in [-0.05, 0) is 121 Å². The predicted molar refractivity (Wildman–Crippen MR) is 176 cm³/mol. The number of phenolic OH excluding ortho intramolecular Hbond substituents is 1. The maximum absolute atomic E-state index is 13.1. The molecule has 46 heavy (non-hydrogen) atoms. The summed E-state index contributed by atoms with van der Waals surface area (Å²) >= 11 is 0. The molecule has 0 aromatic heterocycles. The van der Waals surface area contributed by atoms with E-state index in [4.69, 9.17) is 4.74 Å². The summed E-state index contributed by atoms with van der Waals surface area (Å²) in [6.45, 7) is 13.5. The lowest BCUT2D eigenvalue weighted by Crippen LogP contribution is -2.68. The van der Waals surface area contributed by atoms with Crippen molar-refractivity contribution in [2.75, 3.05) is 6.61 Å². The Labute approximate surface area is 274 Å². The first-order valence-electron chi connectivity index (χ1n) is 17.5. The van der Waals surface area contributed by atoms with Gasteiger partial charge in [0.1, 0.15) is 11.9 Å². The molecule has 0 heterocycles. The fourth-order valence-corrected chi connectivity index (χ4v) is 12.1. The van der Waals surface area contributed by atoms with Gasteiger partial charge in [-0.25, -0.2) is 4.79 Å². The maximum Gasteiger partial charge on any atom is 0.331 e. The molecule has 12 atom stereocenters. The largest absolute Gasteiger partial charge is 0.508 e. The van der Waals surface area contributed by atoms with Crippen LogP contribution in [0.15, 0.2) is 42.0 Å². The van der Waals surface area contributed by atoms with Crippen molar-refractivity contribution in [3.63, 3.8) is 0 Å². The summed E-state index contributed by atoms with van der Waals surface area (Å²) in [6, 6.07) is 6.49. The van der Waals surface area contributed by atoms with Gasteiger partial charge in [0.15, 0.2) is 0 Å². The molecule has 0 amide bonds. The van der Waals surface area contributed by atoms with E-state index in [-0.39, 0.29) is 46.4 Å². The van der Waals surface area contributed by atoms with Crippen molar-refractivity contribution in [2.24, 2.45) is 56.7 Å². The highest BCUT2D eigenvalue weighted by Gasteiger charge is 2.71. The molecule has 7 nitrogen and oxygen atoms in total. The van der Waals surface area contributed by atoms with Gasteiger partial charge in [-0.15, -0.1) is 0 Å². The number of carboxylic acids is 1. The second-order valence-electron chi connectivity index (χ2n) is 16.8. The SMILES string of the molecule is C[C@@H]1CC[C@]2(C(=O)O)CC[C@]3(C)C(=CCC4[C@@]5(C)C[C@@H](O)[C@H](OC(=O)/C=C/c6ccc(O)cc6)[C@@](C)(CO)C5CC[C@]43C)C2[C@H]1C. The summed E-state index contributed by atoms with van der Waals surface area (Å²) in [5, 5.41) is 43.0. The summed E-state index contributed by atoms with van der Waals surface area (Å²) in [5.74, 6) is 0.0165. The quantitative estimate of drug-likeness (QED) is 0.156. The Bertz CT molecular complexity index is 1430. The minimum absolute atomic E-state index is 0.0271. The number of aliphatic hydroxyl groups is 2. The molecule has 1 aromatic carbocycles. The van der Waals surface area contributed by atoms with Crippen LogP contribution in [0.4, 0.5) is 0 Å². The van der Waals surface area contributed by atoms with Crippen molar-refractivity contribution in [3.8, 4) is 5.75 Å². The Balaban J connectivity index is 1.32. The van der Waals surface area contributed by atoms with Crippen LogP contribution in [-0.4, -0.2) is 51.2 Å². The third-order valence-electron chi connectivity index (χ3n) is 15.0. The van der Waals surface area contributed by atoms with Crippen LogP contribution in [0.1, 0.15) is 98.5 Å². The van der Waals surface area contributed by atoms with Gasteiger partial charge in [0.2, 0.25) is 0 Å². The normalized spacial score (nSPS) is 46.7. The fourth-order valence-electron chi connectivity index (χ4n) is 12.1. The minimum Gasteiger partial charge on any atom is -0.508 e. The topological polar surface area (TPSA) is 124 Å². The fraction of sp³-hybridized carbons (Fsp3) is 0.692. The standard InChI is InChI=1S/C39H54O7/c1-23-15-18-39(34(44)45)20-19-37(5)27(32(39)24(23)2)12-13-30-35(3)21-28(42)33(36(4,22-40)29(35)16-17-38(30,37)6)46-31(43)14-9-25-7-10-26(41)11-8-25/h7-12,14,23-24,28-30,32-33,40-42H,13,15-22H2,1-6H3,(H,44,45)/b14-9+/t23-,24+,28-,29?,30?,32?,33+,35+,36+,37-,38-,39+/m1/s1. The number of aliphatic hydroxyl groups excluding tert-OH is 2. The number of hydrogen-bond donors (Lipinski definition) is 4. The molecule has 252 valence electrons. The summed E-state index contributed by atoms with van der Waals surface area (Å²) in [4.78, 5) is 26.0. The first-order chi connectivity index (χ1) is 21.6. The van der Waals surface area contributed by atoms with Crippen LogP contribution in [0.25, 0.3) is 6.08 Å². The molecule has 4 N–H and O–H groups in total. The van der Waals surface area contributed by atoms with Crippen molar-refractivity contribution in [1.29, 1.82) is 0 Å². The molecule has 5 aliphatic carbocycles. The van der Waals surface area contributed by atoms with Gasteiger partial charge in [0.25, 0.3) is 0 Å². The van der Waals surface area contributed by atoms with E-state index in [1.807, 2.05) is 6.92 Å². The lowest BCUT2D eigenvalue weighted by molar-refractivity contribution is -0.249. The molecule has 5 aliphatic rings. The summed E-state index contributed by atoms with van der Waals surface area (Å²) in [6.07, 6.45) is 9.93. The Morgan fingerprint density at radius 3 is 2.33 bits per heavy atom. The number of fused-ring (bicyclic) bond motifs is 7. The molecule has 0 saturated heterocycles. The molecule has 0 radical (unpaired) electrons. The van der Waals surface area contributed by atoms with Gasteiger partial charge < -0.3 is 25.2 Å². The van der Waals surface area contributed by atoms with E-state index in [0.29, 0.717) is 24.7 Å². The lowest BCUT2D eigenvalue weighted by atomic mass is 9.33. The van der Waals surface area contributed by atoms with Crippen LogP contribution >= 0.6 is 0 Å². The van der Waals surface area contributed by atoms with E-state index in [1.54, 1.807) is 30.3 Å². The Kier molecular flexibility index (Phi) is 8.12. The van der Waals surface area contributed by atoms with Gasteiger partial charge in [0.05, 0.1) is 18.1 Å². The summed E-state index contributed by atoms with van der Waals surface area (Å²) in [7, 11) is 0. The van der Waals surface area contributed by atoms with Gasteiger partial charge >= 0.3 is 11.9 Å². The molecular formula is C39H54O7. The third kappa shape index (κ3) is 4.57. The zero-order chi connectivity index (χ0) is 33.4. The number of allylic oxidation sites excluding steroid dienone is 2. The van der Waals surface area contributed by atoms with Crippen molar-refractivity contribution < 1.29 is 34.8 Å². The molecule has 0 spiro atoms. The summed E-state index contributed by atoms with van der Waals surface area (Å²) < 4.78 is 5.98. The van der Waals surface area contributed by atoms with Crippen molar-refractivity contribution in [2.45, 2.75) is 105 Å². The van der Waals surface area contributed by atoms with Gasteiger partial charge in [-0.3, -0.25) is 4.79 Å². The van der Waals surface area contributed by atoms with Gasteiger partial charge in [0, 0.05) is 11.5 Å². The molecule has 7 heteroatoms. The van der Waals surface area contributed by atoms with E-state index < -0.39 is 35.0 Å². The second kappa shape index (κ2) is 11.2. The van der Waals surface area contributed by atoms with Crippen LogP contribution < -0.4 is 0 Å². The highest BCUT2D eigenvalue weighted by Crippen LogP contribution is 2.75. The van der Waals surface area contributed by atoms with E-state index in [2.05, 4.69) is 40.7 Å². The number of carbonyl (C=O) groups excluding carboxylic acids is 1. The van der Waals surface area contributed by atoms with E-state index in [9.17, 15) is 30.0 Å². The number of benzene rings is 1. The molecule has 6 rings (SSSR count). The van der Waals surface area contributed by atoms with Crippen LogP contribution in [0, 0.1) is 56.7 Å². The number of carbonyl (C=O) groups is 2. The minimum atomic E-state index is -0.935. The van der Waals surface area contributed by atoms with E-state index >= 15 is 0 Å². The number of aliphatic carboxylic acids is 1. The first-order valence-corrected chi connectivity index (χ1v) is 17.5.